The average molecular weight is 579 g/mol. The third-order valence-electron chi connectivity index (χ3n) is 7.38. The summed E-state index contributed by atoms with van der Waals surface area (Å²) in [4.78, 5) is 24.9. The molecule has 0 saturated heterocycles. The van der Waals surface area contributed by atoms with Gasteiger partial charge in [0.05, 0.1) is 31.0 Å². The summed E-state index contributed by atoms with van der Waals surface area (Å²) >= 11 is 1.62. The summed E-state index contributed by atoms with van der Waals surface area (Å²) in [5, 5.41) is 20.1. The molecule has 0 aliphatic carbocycles. The van der Waals surface area contributed by atoms with Gasteiger partial charge in [-0.15, -0.1) is 11.3 Å². The Morgan fingerprint density at radius 2 is 1.71 bits per heavy atom. The fourth-order valence-corrected chi connectivity index (χ4v) is 6.48. The molecule has 0 spiro atoms. The maximum Gasteiger partial charge on any atom is 0.410 e. The summed E-state index contributed by atoms with van der Waals surface area (Å²) in [7, 11) is 0. The number of nitrogens with zero attached hydrogens (tertiary/aromatic N) is 4. The van der Waals surface area contributed by atoms with Crippen molar-refractivity contribution >= 4 is 28.5 Å². The Kier molecular flexibility index (Phi) is 6.84. The third kappa shape index (κ3) is 4.93. The van der Waals surface area contributed by atoms with E-state index in [0.717, 1.165) is 49.0 Å². The predicted octanol–water partition coefficient (Wildman–Crippen LogP) is 7.52. The number of benzene rings is 3. The molecule has 1 amide bonds. The van der Waals surface area contributed by atoms with Crippen molar-refractivity contribution in [1.29, 1.82) is 5.26 Å². The van der Waals surface area contributed by atoms with Gasteiger partial charge in [-0.2, -0.15) is 5.26 Å². The average Bonchev–Trinajstić information content (AvgIpc) is 3.65. The molecule has 3 heterocycles. The van der Waals surface area contributed by atoms with E-state index in [1.54, 1.807) is 28.4 Å². The van der Waals surface area contributed by atoms with Crippen LogP contribution in [0.25, 0.3) is 44.3 Å². The lowest BCUT2D eigenvalue weighted by molar-refractivity contribution is 0.0241. The number of aliphatic hydroxyl groups is 1. The van der Waals surface area contributed by atoms with Crippen LogP contribution in [0, 0.1) is 25.2 Å². The number of carbonyl (C=O) groups excluding carboxylic acids is 1. The number of amides is 1. The van der Waals surface area contributed by atoms with Crippen molar-refractivity contribution in [2.45, 2.75) is 59.9 Å². The molecule has 0 saturated carbocycles. The van der Waals surface area contributed by atoms with Crippen molar-refractivity contribution < 1.29 is 19.1 Å². The van der Waals surface area contributed by atoms with Crippen LogP contribution in [0.3, 0.4) is 0 Å². The summed E-state index contributed by atoms with van der Waals surface area (Å²) in [5.74, 6) is 0.427. The second-order valence-corrected chi connectivity index (χ2v) is 12.5. The van der Waals surface area contributed by atoms with E-state index in [-0.39, 0.29) is 12.7 Å². The zero-order chi connectivity index (χ0) is 29.8. The number of oxazole rings is 1. The molecule has 2 aromatic heterocycles. The van der Waals surface area contributed by atoms with E-state index in [1.165, 1.54) is 0 Å². The van der Waals surface area contributed by atoms with E-state index in [0.29, 0.717) is 41.2 Å². The number of aromatic nitrogens is 2. The first kappa shape index (κ1) is 27.6. The molecule has 1 N–H and O–H groups in total. The quantitative estimate of drug-likeness (QED) is 0.235. The minimum atomic E-state index is -0.540. The van der Waals surface area contributed by atoms with Gasteiger partial charge in [0.25, 0.3) is 0 Å². The monoisotopic (exact) mass is 578 g/mol. The van der Waals surface area contributed by atoms with Gasteiger partial charge in [0.1, 0.15) is 22.2 Å². The maximum absolute atomic E-state index is 12.6. The number of hydrogen-bond acceptors (Lipinski definition) is 8. The molecular weight excluding hydrogens is 548 g/mol. The van der Waals surface area contributed by atoms with Gasteiger partial charge < -0.3 is 14.3 Å². The van der Waals surface area contributed by atoms with Crippen LogP contribution in [0.2, 0.25) is 0 Å². The van der Waals surface area contributed by atoms with Crippen LogP contribution < -0.4 is 0 Å². The number of thiazole rings is 1. The molecule has 1 aliphatic heterocycles. The highest BCUT2D eigenvalue weighted by Gasteiger charge is 2.31. The number of aliphatic hydroxyl groups excluding tert-OH is 1. The standard InChI is InChI=1S/C33H30N4O4S/c1-18-22(8-6-10-24(18)30-35-26-13-20(17-38)12-21(14-34)29(26)40-30)23-9-7-11-25(19(23)2)31-36-27-15-37(16-28(27)42-31)32(39)41-33(3,4)5/h6-13,38H,15-17H2,1-5H3. The van der Waals surface area contributed by atoms with Gasteiger partial charge in [-0.05, 0) is 80.6 Å². The Morgan fingerprint density at radius 1 is 1.05 bits per heavy atom. The van der Waals surface area contributed by atoms with Gasteiger partial charge in [-0.1, -0.05) is 30.3 Å². The van der Waals surface area contributed by atoms with Crippen molar-refractivity contribution in [3.05, 3.63) is 81.4 Å². The summed E-state index contributed by atoms with van der Waals surface area (Å²) < 4.78 is 11.6. The highest BCUT2D eigenvalue weighted by Crippen LogP contribution is 2.40. The number of carbonyl (C=O) groups is 1. The predicted molar refractivity (Wildman–Crippen MR) is 162 cm³/mol. The number of hydrogen-bond donors (Lipinski definition) is 1. The summed E-state index contributed by atoms with van der Waals surface area (Å²) in [5.41, 5.74) is 8.40. The smallest absolute Gasteiger partial charge is 0.410 e. The molecule has 5 aromatic rings. The molecule has 1 aliphatic rings. The third-order valence-corrected chi connectivity index (χ3v) is 8.49. The summed E-state index contributed by atoms with van der Waals surface area (Å²) in [6.07, 6.45) is -0.320. The molecule has 0 radical (unpaired) electrons. The van der Waals surface area contributed by atoms with Gasteiger partial charge in [-0.3, -0.25) is 4.90 Å². The van der Waals surface area contributed by atoms with Crippen LogP contribution in [-0.4, -0.2) is 31.7 Å². The SMILES string of the molecule is Cc1c(-c2nc3cc(CO)cc(C#N)c3o2)cccc1-c1cccc(-c2nc3c(s2)CN(C(=O)OC(C)(C)C)C3)c1C. The number of fused-ring (bicyclic) bond motifs is 2. The lowest BCUT2D eigenvalue weighted by Gasteiger charge is -2.24. The molecule has 6 rings (SSSR count). The normalized spacial score (nSPS) is 12.9. The van der Waals surface area contributed by atoms with Crippen LogP contribution in [0.15, 0.2) is 52.9 Å². The van der Waals surface area contributed by atoms with E-state index in [2.05, 4.69) is 36.2 Å². The number of nitriles is 1. The highest BCUT2D eigenvalue weighted by atomic mass is 32.1. The van der Waals surface area contributed by atoms with Gasteiger partial charge in [0.2, 0.25) is 5.89 Å². The number of ether oxygens (including phenoxy) is 1. The lowest BCUT2D eigenvalue weighted by atomic mass is 9.91. The van der Waals surface area contributed by atoms with Gasteiger partial charge in [0.15, 0.2) is 5.58 Å². The fraction of sp³-hybridized carbons (Fsp3) is 0.273. The van der Waals surface area contributed by atoms with Crippen LogP contribution in [-0.2, 0) is 24.4 Å². The maximum atomic E-state index is 12.6. The van der Waals surface area contributed by atoms with E-state index >= 15 is 0 Å². The van der Waals surface area contributed by atoms with Gasteiger partial charge in [0, 0.05) is 16.0 Å². The first-order chi connectivity index (χ1) is 20.1. The Morgan fingerprint density at radius 3 is 2.36 bits per heavy atom. The van der Waals surface area contributed by atoms with Crippen molar-refractivity contribution in [2.24, 2.45) is 0 Å². The Hall–Kier alpha value is -4.52. The van der Waals surface area contributed by atoms with Crippen LogP contribution in [0.5, 0.6) is 0 Å². The van der Waals surface area contributed by atoms with E-state index in [1.807, 2.05) is 45.9 Å². The molecule has 8 nitrogen and oxygen atoms in total. The molecule has 9 heteroatoms. The summed E-state index contributed by atoms with van der Waals surface area (Å²) in [6, 6.07) is 17.8. The largest absolute Gasteiger partial charge is 0.444 e. The van der Waals surface area contributed by atoms with Crippen molar-refractivity contribution in [3.8, 4) is 39.2 Å². The molecule has 0 bridgehead atoms. The first-order valence-corrected chi connectivity index (χ1v) is 14.5. The minimum absolute atomic E-state index is 0.180. The molecule has 0 unspecified atom stereocenters. The molecule has 0 atom stereocenters. The van der Waals surface area contributed by atoms with E-state index in [4.69, 9.17) is 14.1 Å². The van der Waals surface area contributed by atoms with Crippen LogP contribution in [0.4, 0.5) is 4.79 Å². The Labute approximate surface area is 247 Å². The van der Waals surface area contributed by atoms with Crippen molar-refractivity contribution in [2.75, 3.05) is 0 Å². The molecule has 3 aromatic carbocycles. The molecule has 42 heavy (non-hydrogen) atoms. The van der Waals surface area contributed by atoms with Gasteiger partial charge >= 0.3 is 6.09 Å². The van der Waals surface area contributed by atoms with Crippen molar-refractivity contribution in [1.82, 2.24) is 14.9 Å². The Bertz CT molecular complexity index is 1880. The van der Waals surface area contributed by atoms with E-state index in [9.17, 15) is 15.2 Å². The number of rotatable bonds is 4. The lowest BCUT2D eigenvalue weighted by Crippen LogP contribution is -2.33. The first-order valence-electron chi connectivity index (χ1n) is 13.7. The zero-order valence-electron chi connectivity index (χ0n) is 24.1. The van der Waals surface area contributed by atoms with Crippen LogP contribution >= 0.6 is 11.3 Å². The molecule has 0 fully saturated rings. The minimum Gasteiger partial charge on any atom is -0.444 e. The van der Waals surface area contributed by atoms with Crippen LogP contribution in [0.1, 0.15) is 53.6 Å². The molecular formula is C33H30N4O4S. The van der Waals surface area contributed by atoms with Crippen molar-refractivity contribution in [3.63, 3.8) is 0 Å². The zero-order valence-corrected chi connectivity index (χ0v) is 24.9. The fourth-order valence-electron chi connectivity index (χ4n) is 5.31. The second kappa shape index (κ2) is 10.4. The summed E-state index contributed by atoms with van der Waals surface area (Å²) in [6.45, 7) is 10.5. The highest BCUT2D eigenvalue weighted by molar-refractivity contribution is 7.15. The Balaban J connectivity index is 1.33. The van der Waals surface area contributed by atoms with Gasteiger partial charge in [-0.25, -0.2) is 14.8 Å². The van der Waals surface area contributed by atoms with E-state index < -0.39 is 5.60 Å². The second-order valence-electron chi connectivity index (χ2n) is 11.5. The topological polar surface area (TPSA) is 112 Å². The molecule has 212 valence electrons.